The van der Waals surface area contributed by atoms with Crippen LogP contribution in [0.3, 0.4) is 0 Å². The van der Waals surface area contributed by atoms with E-state index in [-0.39, 0.29) is 11.6 Å². The molecule has 0 fully saturated rings. The molecule has 1 aromatic heterocycles. The molecule has 0 aliphatic carbocycles. The Labute approximate surface area is 202 Å². The minimum atomic E-state index is -0.739. The Hall–Kier alpha value is -4.32. The fourth-order valence-corrected chi connectivity index (χ4v) is 3.49. The van der Waals surface area contributed by atoms with Gasteiger partial charge in [0.15, 0.2) is 24.7 Å². The number of nitriles is 1. The third-order valence-electron chi connectivity index (χ3n) is 5.48. The van der Waals surface area contributed by atoms with Crippen LogP contribution in [0.5, 0.6) is 11.5 Å². The number of methoxy groups -OCH3 is 1. The van der Waals surface area contributed by atoms with Gasteiger partial charge in [0, 0.05) is 12.2 Å². The Morgan fingerprint density at radius 1 is 1.06 bits per heavy atom. The second-order valence-corrected chi connectivity index (χ2v) is 7.91. The van der Waals surface area contributed by atoms with Gasteiger partial charge >= 0.3 is 5.97 Å². The second-order valence-electron chi connectivity index (χ2n) is 7.91. The van der Waals surface area contributed by atoms with E-state index in [9.17, 15) is 19.2 Å². The maximum absolute atomic E-state index is 13.3. The molecule has 3 rings (SSSR count). The number of rotatable bonds is 9. The topological polar surface area (TPSA) is 103 Å². The van der Waals surface area contributed by atoms with Crippen molar-refractivity contribution in [3.63, 3.8) is 0 Å². The Balaban J connectivity index is 1.64. The van der Waals surface area contributed by atoms with Gasteiger partial charge in [0.25, 0.3) is 5.91 Å². The smallest absolute Gasteiger partial charge is 0.344 e. The number of amides is 1. The zero-order valence-corrected chi connectivity index (χ0v) is 20.0. The van der Waals surface area contributed by atoms with Crippen molar-refractivity contribution >= 4 is 17.7 Å². The molecule has 8 nitrogen and oxygen atoms in total. The second kappa shape index (κ2) is 11.2. The van der Waals surface area contributed by atoms with Crippen LogP contribution >= 0.6 is 0 Å². The van der Waals surface area contributed by atoms with Gasteiger partial charge in [-0.1, -0.05) is 18.2 Å². The number of carbonyl (C=O) groups excluding carboxylic acids is 2. The van der Waals surface area contributed by atoms with Crippen LogP contribution in [-0.4, -0.2) is 36.8 Å². The number of carbonyl (C=O) groups is 2. The summed E-state index contributed by atoms with van der Waals surface area (Å²) in [5.74, 6) is -0.562. The van der Waals surface area contributed by atoms with Crippen LogP contribution in [0.4, 0.5) is 10.2 Å². The lowest BCUT2D eigenvalue weighted by atomic mass is 10.2. The van der Waals surface area contributed by atoms with Crippen LogP contribution < -0.4 is 14.8 Å². The van der Waals surface area contributed by atoms with Gasteiger partial charge in [0.2, 0.25) is 0 Å². The summed E-state index contributed by atoms with van der Waals surface area (Å²) in [5, 5.41) is 12.3. The van der Waals surface area contributed by atoms with Crippen molar-refractivity contribution in [1.82, 2.24) is 4.57 Å². The van der Waals surface area contributed by atoms with Crippen molar-refractivity contribution in [2.45, 2.75) is 27.3 Å². The van der Waals surface area contributed by atoms with Crippen LogP contribution in [0, 0.1) is 37.9 Å². The van der Waals surface area contributed by atoms with Gasteiger partial charge in [0.05, 0.1) is 12.7 Å². The van der Waals surface area contributed by atoms with Gasteiger partial charge in [-0.2, -0.15) is 5.26 Å². The van der Waals surface area contributed by atoms with Gasteiger partial charge in [-0.05, 0) is 61.7 Å². The molecular weight excluding hydrogens is 453 g/mol. The first-order chi connectivity index (χ1) is 16.7. The van der Waals surface area contributed by atoms with Crippen molar-refractivity contribution in [1.29, 1.82) is 5.26 Å². The summed E-state index contributed by atoms with van der Waals surface area (Å²) in [4.78, 5) is 24.6. The quantitative estimate of drug-likeness (QED) is 0.465. The molecule has 35 heavy (non-hydrogen) atoms. The molecule has 0 bridgehead atoms. The van der Waals surface area contributed by atoms with Crippen molar-refractivity contribution < 1.29 is 28.2 Å². The molecule has 0 saturated carbocycles. The van der Waals surface area contributed by atoms with Crippen molar-refractivity contribution in [2.24, 2.45) is 0 Å². The molecule has 0 aliphatic heterocycles. The maximum Gasteiger partial charge on any atom is 0.344 e. The lowest BCUT2D eigenvalue weighted by Gasteiger charge is -2.14. The van der Waals surface area contributed by atoms with Gasteiger partial charge < -0.3 is 24.1 Å². The molecule has 3 aromatic rings. The number of aromatic nitrogens is 1. The zero-order valence-electron chi connectivity index (χ0n) is 20.0. The first-order valence-electron chi connectivity index (χ1n) is 10.8. The van der Waals surface area contributed by atoms with Crippen LogP contribution in [0.2, 0.25) is 0 Å². The van der Waals surface area contributed by atoms with E-state index in [1.165, 1.54) is 19.2 Å². The number of hydrogen-bond acceptors (Lipinski definition) is 6. The third kappa shape index (κ3) is 6.18. The van der Waals surface area contributed by atoms with Gasteiger partial charge in [0.1, 0.15) is 17.7 Å². The zero-order chi connectivity index (χ0) is 25.5. The van der Waals surface area contributed by atoms with Gasteiger partial charge in [-0.15, -0.1) is 0 Å². The van der Waals surface area contributed by atoms with Crippen LogP contribution in [-0.2, 0) is 20.9 Å². The van der Waals surface area contributed by atoms with E-state index in [4.69, 9.17) is 14.2 Å². The molecule has 0 spiro atoms. The standard InChI is InChI=1S/C26H26FN3O5/c1-16-5-10-22(23(11-16)33-4)34-15-25(32)35-14-24(31)29-26-21(12-28)17(2)18(3)30(26)13-19-6-8-20(27)9-7-19/h5-11H,13-15H2,1-4H3,(H,29,31). The number of aryl methyl sites for hydroxylation is 1. The predicted octanol–water partition coefficient (Wildman–Crippen LogP) is 4.04. The van der Waals surface area contributed by atoms with E-state index >= 15 is 0 Å². The van der Waals surface area contributed by atoms with Gasteiger partial charge in [-0.25, -0.2) is 9.18 Å². The SMILES string of the molecule is COc1cc(C)ccc1OCC(=O)OCC(=O)Nc1c(C#N)c(C)c(C)n1Cc1ccc(F)cc1. The predicted molar refractivity (Wildman–Crippen MR) is 127 cm³/mol. The fraction of sp³-hybridized carbons (Fsp3) is 0.269. The van der Waals surface area contributed by atoms with Crippen molar-refractivity contribution in [2.75, 3.05) is 25.6 Å². The average molecular weight is 480 g/mol. The number of hydrogen-bond donors (Lipinski definition) is 1. The van der Waals surface area contributed by atoms with Crippen LogP contribution in [0.25, 0.3) is 0 Å². The summed E-state index contributed by atoms with van der Waals surface area (Å²) >= 11 is 0. The molecule has 1 N–H and O–H groups in total. The first-order valence-corrected chi connectivity index (χ1v) is 10.8. The summed E-state index contributed by atoms with van der Waals surface area (Å²) in [6, 6.07) is 13.3. The summed E-state index contributed by atoms with van der Waals surface area (Å²) in [7, 11) is 1.50. The molecule has 0 aliphatic rings. The highest BCUT2D eigenvalue weighted by molar-refractivity contribution is 5.93. The van der Waals surface area contributed by atoms with Crippen molar-refractivity contribution in [3.8, 4) is 17.6 Å². The molecule has 0 radical (unpaired) electrons. The Morgan fingerprint density at radius 2 is 1.77 bits per heavy atom. The minimum Gasteiger partial charge on any atom is -0.493 e. The lowest BCUT2D eigenvalue weighted by Crippen LogP contribution is -2.25. The van der Waals surface area contributed by atoms with E-state index in [1.807, 2.05) is 19.9 Å². The van der Waals surface area contributed by atoms with E-state index in [2.05, 4.69) is 11.4 Å². The molecule has 9 heteroatoms. The lowest BCUT2D eigenvalue weighted by molar-refractivity contribution is -0.149. The summed E-state index contributed by atoms with van der Waals surface area (Å²) in [6.07, 6.45) is 0. The Kier molecular flexibility index (Phi) is 8.10. The molecule has 2 aromatic carbocycles. The highest BCUT2D eigenvalue weighted by atomic mass is 19.1. The first kappa shape index (κ1) is 25.3. The highest BCUT2D eigenvalue weighted by Gasteiger charge is 2.20. The van der Waals surface area contributed by atoms with E-state index in [1.54, 1.807) is 35.8 Å². The molecule has 182 valence electrons. The summed E-state index contributed by atoms with van der Waals surface area (Å²) in [6.45, 7) is 4.85. The monoisotopic (exact) mass is 479 g/mol. The average Bonchev–Trinajstić information content (AvgIpc) is 3.06. The molecule has 0 atom stereocenters. The summed E-state index contributed by atoms with van der Waals surface area (Å²) < 4.78 is 30.7. The highest BCUT2D eigenvalue weighted by Crippen LogP contribution is 2.28. The number of benzene rings is 2. The minimum absolute atomic E-state index is 0.286. The molecule has 0 saturated heterocycles. The van der Waals surface area contributed by atoms with Crippen LogP contribution in [0.1, 0.15) is 27.9 Å². The fourth-order valence-electron chi connectivity index (χ4n) is 3.49. The molecule has 0 unspecified atom stereocenters. The number of esters is 1. The normalized spacial score (nSPS) is 10.4. The number of nitrogens with zero attached hydrogens (tertiary/aromatic N) is 2. The largest absolute Gasteiger partial charge is 0.493 e. The number of ether oxygens (including phenoxy) is 3. The van der Waals surface area contributed by atoms with Crippen molar-refractivity contribution in [3.05, 3.63) is 76.2 Å². The number of anilines is 1. The molecular formula is C26H26FN3O5. The Bertz CT molecular complexity index is 1280. The molecule has 1 amide bonds. The number of halogens is 1. The van der Waals surface area contributed by atoms with E-state index in [0.717, 1.165) is 16.8 Å². The van der Waals surface area contributed by atoms with Crippen LogP contribution in [0.15, 0.2) is 42.5 Å². The maximum atomic E-state index is 13.3. The number of nitrogens with one attached hydrogen (secondary N) is 1. The van der Waals surface area contributed by atoms with E-state index < -0.39 is 25.1 Å². The van der Waals surface area contributed by atoms with Gasteiger partial charge in [-0.3, -0.25) is 4.79 Å². The van der Waals surface area contributed by atoms with E-state index in [0.29, 0.717) is 29.2 Å². The molecule has 1 heterocycles. The third-order valence-corrected chi connectivity index (χ3v) is 5.48. The summed E-state index contributed by atoms with van der Waals surface area (Å²) in [5.41, 5.74) is 3.56. The Morgan fingerprint density at radius 3 is 2.43 bits per heavy atom.